The molecule has 69 heavy (non-hydrogen) atoms. The molecular formula is C49H59N5O12S3. The number of hydrogen-bond donors (Lipinski definition) is 6. The number of azo groups is 1. The Morgan fingerprint density at radius 1 is 0.681 bits per heavy atom. The molecule has 6 aromatic rings. The summed E-state index contributed by atoms with van der Waals surface area (Å²) in [5, 5.41) is 21.1. The Labute approximate surface area is 403 Å². The van der Waals surface area contributed by atoms with E-state index in [4.69, 9.17) is 9.47 Å². The number of aromatic nitrogens is 1. The number of phenolic OH excluding ortho intramolecular Hbond substituents is 1. The topological polar surface area (TPSA) is 263 Å². The molecular weight excluding hydrogens is 947 g/mol. The van der Waals surface area contributed by atoms with Crippen LogP contribution in [0.2, 0.25) is 0 Å². The van der Waals surface area contributed by atoms with Crippen molar-refractivity contribution in [2.24, 2.45) is 10.2 Å². The number of fused-ring (bicyclic) bond motifs is 2. The highest BCUT2D eigenvalue weighted by Crippen LogP contribution is 2.46. The number of unbranched alkanes of at least 4 members (excludes halogenated alkanes) is 13. The van der Waals surface area contributed by atoms with Crippen molar-refractivity contribution < 1.29 is 53.7 Å². The Kier molecular flexibility index (Phi) is 17.8. The van der Waals surface area contributed by atoms with Crippen LogP contribution in [-0.4, -0.2) is 64.1 Å². The fourth-order valence-corrected chi connectivity index (χ4v) is 10.8. The maximum absolute atomic E-state index is 14.4. The van der Waals surface area contributed by atoms with Crippen molar-refractivity contribution in [1.82, 2.24) is 4.98 Å². The van der Waals surface area contributed by atoms with E-state index in [2.05, 4.69) is 32.2 Å². The first-order valence-corrected chi connectivity index (χ1v) is 27.3. The molecule has 1 heterocycles. The Balaban J connectivity index is 1.19. The van der Waals surface area contributed by atoms with Crippen molar-refractivity contribution in [3.05, 3.63) is 84.9 Å². The van der Waals surface area contributed by atoms with Gasteiger partial charge in [-0.25, -0.2) is 8.42 Å². The molecule has 0 unspecified atom stereocenters. The second-order valence-corrected chi connectivity index (χ2v) is 21.2. The maximum Gasteiger partial charge on any atom is 0.296 e. The Morgan fingerprint density at radius 2 is 1.29 bits per heavy atom. The zero-order chi connectivity index (χ0) is 49.8. The molecule has 0 atom stereocenters. The third kappa shape index (κ3) is 13.6. The van der Waals surface area contributed by atoms with Crippen molar-refractivity contribution in [1.29, 1.82) is 0 Å². The Morgan fingerprint density at radius 3 is 1.88 bits per heavy atom. The summed E-state index contributed by atoms with van der Waals surface area (Å²) in [5.74, 6) is -1.14. The van der Waals surface area contributed by atoms with Gasteiger partial charge in [0.15, 0.2) is 5.75 Å². The fraction of sp³-hybridized carbons (Fsp3) is 0.367. The number of rotatable bonds is 26. The van der Waals surface area contributed by atoms with Gasteiger partial charge in [-0.15, -0.1) is 5.11 Å². The number of H-pyrrole nitrogens is 1. The van der Waals surface area contributed by atoms with Gasteiger partial charge in [-0.05, 0) is 73.2 Å². The molecule has 0 radical (unpaired) electrons. The smallest absolute Gasteiger partial charge is 0.296 e. The fourth-order valence-electron chi connectivity index (χ4n) is 8.15. The van der Waals surface area contributed by atoms with Crippen LogP contribution < -0.4 is 19.5 Å². The summed E-state index contributed by atoms with van der Waals surface area (Å²) in [4.78, 5) is 12.9. The van der Waals surface area contributed by atoms with Gasteiger partial charge >= 0.3 is 0 Å². The van der Waals surface area contributed by atoms with Crippen molar-refractivity contribution in [2.75, 3.05) is 23.8 Å². The normalized spacial score (nSPS) is 12.2. The predicted octanol–water partition coefficient (Wildman–Crippen LogP) is 12.2. The van der Waals surface area contributed by atoms with Crippen LogP contribution in [0, 0.1) is 0 Å². The maximum atomic E-state index is 14.4. The van der Waals surface area contributed by atoms with Gasteiger partial charge in [0.2, 0.25) is 5.91 Å². The van der Waals surface area contributed by atoms with Gasteiger partial charge in [-0.3, -0.25) is 18.6 Å². The van der Waals surface area contributed by atoms with Crippen molar-refractivity contribution >= 4 is 80.6 Å². The highest BCUT2D eigenvalue weighted by atomic mass is 32.2. The number of aromatic hydroxyl groups is 1. The number of aromatic amines is 1. The van der Waals surface area contributed by atoms with Crippen LogP contribution in [-0.2, 0) is 35.1 Å². The molecule has 6 N–H and O–H groups in total. The molecule has 20 heteroatoms. The van der Waals surface area contributed by atoms with E-state index >= 15 is 0 Å². The third-order valence-corrected chi connectivity index (χ3v) is 14.7. The third-order valence-electron chi connectivity index (χ3n) is 11.6. The van der Waals surface area contributed by atoms with E-state index in [0.29, 0.717) is 40.6 Å². The molecule has 370 valence electrons. The summed E-state index contributed by atoms with van der Waals surface area (Å²) in [6.45, 7) is 3.94. The lowest BCUT2D eigenvalue weighted by Gasteiger charge is -2.15. The number of methoxy groups -OCH3 is 1. The number of nitrogens with one attached hydrogen (secondary N) is 3. The van der Waals surface area contributed by atoms with Gasteiger partial charge in [-0.2, -0.15) is 21.9 Å². The molecule has 0 saturated carbocycles. The molecule has 0 aliphatic heterocycles. The SMILES string of the molecule is CCCCCCCCCCCCCCCCOc1ccc(-c2[nH]c3ccccc3c2NS(=O)(=O)c2cc(N=Nc3c(S(=O)(=O)O)cc4c(S(=O)(=O)O)ccc(NC(C)=O)c4c3O)ccc2OC)cc1. The number of nitrogens with zero attached hydrogens (tertiary/aromatic N) is 2. The monoisotopic (exact) mass is 1010 g/mol. The number of sulfonamides is 1. The molecule has 6 rings (SSSR count). The van der Waals surface area contributed by atoms with Gasteiger partial charge < -0.3 is 24.9 Å². The zero-order valence-corrected chi connectivity index (χ0v) is 41.3. The number of anilines is 2. The zero-order valence-electron chi connectivity index (χ0n) is 38.8. The largest absolute Gasteiger partial charge is 0.505 e. The van der Waals surface area contributed by atoms with E-state index in [0.717, 1.165) is 38.0 Å². The van der Waals surface area contributed by atoms with Crippen LogP contribution >= 0.6 is 0 Å². The molecule has 0 fully saturated rings. The van der Waals surface area contributed by atoms with Crippen LogP contribution in [0.25, 0.3) is 32.9 Å². The number of ether oxygens (including phenoxy) is 2. The van der Waals surface area contributed by atoms with E-state index in [1.807, 2.05) is 30.3 Å². The van der Waals surface area contributed by atoms with E-state index in [-0.39, 0.29) is 22.8 Å². The lowest BCUT2D eigenvalue weighted by Crippen LogP contribution is -2.14. The minimum atomic E-state index is -5.30. The highest BCUT2D eigenvalue weighted by molar-refractivity contribution is 7.93. The first-order valence-electron chi connectivity index (χ1n) is 22.9. The van der Waals surface area contributed by atoms with Crippen molar-refractivity contribution in [3.63, 3.8) is 0 Å². The number of carbonyl (C=O) groups excluding carboxylic acids is 1. The number of hydrogen-bond acceptors (Lipinski definition) is 12. The predicted molar refractivity (Wildman–Crippen MR) is 267 cm³/mol. The standard InChI is InChI=1S/C49H59N5O12S3/c1-4-5-6-7-8-9-10-11-12-13-14-15-16-19-30-66-36-25-22-34(23-26-36)46-47(37-20-17-18-21-39(37)51-46)54-67(57,58)43-31-35(24-28-41(43)65-3)52-53-48-44(69(62,63)64)32-38-42(68(59,60)61)29-27-40(50-33(2)55)45(38)49(48)56/h17-18,20-29,31-32,51,54,56H,4-16,19,30H2,1-3H3,(H,50,55)(H,59,60,61)(H,62,63,64). The van der Waals surface area contributed by atoms with Gasteiger partial charge in [0.1, 0.15) is 31.9 Å². The number of benzene rings is 5. The summed E-state index contributed by atoms with van der Waals surface area (Å²) in [5.41, 5.74) is 0.695. The van der Waals surface area contributed by atoms with Crippen LogP contribution in [0.5, 0.6) is 17.2 Å². The Bertz CT molecular complexity index is 3140. The van der Waals surface area contributed by atoms with Crippen LogP contribution in [0.1, 0.15) is 104 Å². The van der Waals surface area contributed by atoms with Gasteiger partial charge in [0, 0.05) is 28.8 Å². The summed E-state index contributed by atoms with van der Waals surface area (Å²) < 4.78 is 113. The van der Waals surface area contributed by atoms with Crippen molar-refractivity contribution in [2.45, 2.75) is 118 Å². The number of para-hydroxylation sites is 1. The second-order valence-electron chi connectivity index (χ2n) is 16.8. The van der Waals surface area contributed by atoms with E-state index < -0.39 is 73.1 Å². The van der Waals surface area contributed by atoms with E-state index in [9.17, 15) is 44.3 Å². The first-order chi connectivity index (χ1) is 32.9. The molecule has 0 aliphatic carbocycles. The number of phenols is 1. The summed E-state index contributed by atoms with van der Waals surface area (Å²) >= 11 is 0. The highest BCUT2D eigenvalue weighted by Gasteiger charge is 2.29. The number of carbonyl (C=O) groups is 1. The lowest BCUT2D eigenvalue weighted by molar-refractivity contribution is -0.114. The molecule has 17 nitrogen and oxygen atoms in total. The number of amides is 1. The van der Waals surface area contributed by atoms with Crippen LogP contribution in [0.15, 0.2) is 110 Å². The lowest BCUT2D eigenvalue weighted by atomic mass is 10.0. The quantitative estimate of drug-likeness (QED) is 0.0168. The van der Waals surface area contributed by atoms with Crippen molar-refractivity contribution in [3.8, 4) is 28.5 Å². The average molecular weight is 1010 g/mol. The second kappa shape index (κ2) is 23.5. The molecule has 1 aromatic heterocycles. The van der Waals surface area contributed by atoms with Gasteiger partial charge in [0.25, 0.3) is 30.3 Å². The molecule has 5 aromatic carbocycles. The van der Waals surface area contributed by atoms with E-state index in [1.54, 1.807) is 18.2 Å². The van der Waals surface area contributed by atoms with Gasteiger partial charge in [0.05, 0.1) is 41.9 Å². The Hall–Kier alpha value is -6.06. The van der Waals surface area contributed by atoms with Gasteiger partial charge in [-0.1, -0.05) is 109 Å². The molecule has 0 saturated heterocycles. The van der Waals surface area contributed by atoms with E-state index in [1.165, 1.54) is 96.3 Å². The molecule has 0 spiro atoms. The minimum absolute atomic E-state index is 0.104. The summed E-state index contributed by atoms with van der Waals surface area (Å²) in [6, 6.07) is 20.6. The summed E-state index contributed by atoms with van der Waals surface area (Å²) in [7, 11) is -13.6. The minimum Gasteiger partial charge on any atom is -0.505 e. The molecule has 1 amide bonds. The van der Waals surface area contributed by atoms with Crippen LogP contribution in [0.4, 0.5) is 22.7 Å². The average Bonchev–Trinajstić information content (AvgIpc) is 3.66. The molecule has 0 aliphatic rings. The van der Waals surface area contributed by atoms with Crippen LogP contribution in [0.3, 0.4) is 0 Å². The molecule has 0 bridgehead atoms. The summed E-state index contributed by atoms with van der Waals surface area (Å²) in [6.07, 6.45) is 17.8. The first kappa shape index (κ1) is 52.3.